The van der Waals surface area contributed by atoms with Gasteiger partial charge >= 0.3 is 0 Å². The Morgan fingerprint density at radius 2 is 1.79 bits per heavy atom. The molecule has 1 aromatic carbocycles. The minimum Gasteiger partial charge on any atom is -0.373 e. The van der Waals surface area contributed by atoms with Crippen LogP contribution in [0.25, 0.3) is 0 Å². The van der Waals surface area contributed by atoms with Crippen LogP contribution >= 0.6 is 0 Å². The molecule has 1 saturated carbocycles. The lowest BCUT2D eigenvalue weighted by Crippen LogP contribution is -2.32. The number of benzene rings is 1. The van der Waals surface area contributed by atoms with Crippen molar-refractivity contribution in [3.8, 4) is 0 Å². The van der Waals surface area contributed by atoms with Gasteiger partial charge in [-0.1, -0.05) is 37.0 Å². The molecule has 0 bridgehead atoms. The zero-order valence-corrected chi connectivity index (χ0v) is 12.5. The molecule has 1 N–H and O–H groups in total. The second-order valence-corrected chi connectivity index (χ2v) is 5.97. The van der Waals surface area contributed by atoms with Gasteiger partial charge in [0.05, 0.1) is 0 Å². The number of hydrogen-bond acceptors (Lipinski definition) is 2. The van der Waals surface area contributed by atoms with Crippen molar-refractivity contribution in [3.05, 3.63) is 29.8 Å². The van der Waals surface area contributed by atoms with E-state index in [0.29, 0.717) is 0 Å². The number of nitrogens with one attached hydrogen (secondary N) is 1. The highest BCUT2D eigenvalue weighted by Gasteiger charge is 2.12. The van der Waals surface area contributed by atoms with Crippen LogP contribution in [-0.2, 0) is 0 Å². The number of hydrogen-bond donors (Lipinski definition) is 1. The van der Waals surface area contributed by atoms with Crippen LogP contribution in [0.4, 0.5) is 5.69 Å². The first-order valence-corrected chi connectivity index (χ1v) is 7.74. The molecular weight excluding hydrogens is 232 g/mol. The number of rotatable bonds is 6. The first-order valence-electron chi connectivity index (χ1n) is 7.74. The van der Waals surface area contributed by atoms with Crippen LogP contribution < -0.4 is 10.2 Å². The molecule has 0 heterocycles. The van der Waals surface area contributed by atoms with Crippen LogP contribution in [0.1, 0.15) is 37.7 Å². The smallest absolute Gasteiger partial charge is 0.0364 e. The summed E-state index contributed by atoms with van der Waals surface area (Å²) in [6, 6.07) is 8.77. The van der Waals surface area contributed by atoms with Gasteiger partial charge in [-0.3, -0.25) is 0 Å². The third kappa shape index (κ3) is 4.87. The molecule has 2 heteroatoms. The Hall–Kier alpha value is -1.02. The van der Waals surface area contributed by atoms with Crippen LogP contribution in [0.15, 0.2) is 24.3 Å². The summed E-state index contributed by atoms with van der Waals surface area (Å²) >= 11 is 0. The van der Waals surface area contributed by atoms with Crippen molar-refractivity contribution < 1.29 is 0 Å². The Morgan fingerprint density at radius 3 is 2.47 bits per heavy atom. The summed E-state index contributed by atoms with van der Waals surface area (Å²) in [5, 5.41) is 3.63. The minimum absolute atomic E-state index is 0.929. The largest absolute Gasteiger partial charge is 0.373 e. The van der Waals surface area contributed by atoms with Crippen molar-refractivity contribution in [2.75, 3.05) is 31.6 Å². The Morgan fingerprint density at radius 1 is 1.11 bits per heavy atom. The minimum atomic E-state index is 0.929. The molecule has 0 spiro atoms. The molecule has 2 rings (SSSR count). The molecule has 0 saturated heterocycles. The SMILES string of the molecule is Cc1ccc(N(C)CCNCC2CCCCC2)cc1. The molecular formula is C17H28N2. The zero-order valence-electron chi connectivity index (χ0n) is 12.5. The van der Waals surface area contributed by atoms with Crippen molar-refractivity contribution in [2.24, 2.45) is 5.92 Å². The van der Waals surface area contributed by atoms with Gasteiger partial charge in [0.15, 0.2) is 0 Å². The van der Waals surface area contributed by atoms with Crippen LogP contribution in [0, 0.1) is 12.8 Å². The van der Waals surface area contributed by atoms with E-state index in [4.69, 9.17) is 0 Å². The molecule has 1 aliphatic carbocycles. The molecule has 0 radical (unpaired) electrons. The van der Waals surface area contributed by atoms with Gasteiger partial charge in [0.2, 0.25) is 0 Å². The lowest BCUT2D eigenvalue weighted by molar-refractivity contribution is 0.343. The van der Waals surface area contributed by atoms with Crippen molar-refractivity contribution in [2.45, 2.75) is 39.0 Å². The van der Waals surface area contributed by atoms with Crippen LogP contribution in [0.2, 0.25) is 0 Å². The molecule has 2 nitrogen and oxygen atoms in total. The van der Waals surface area contributed by atoms with Gasteiger partial charge in [-0.15, -0.1) is 0 Å². The highest BCUT2D eigenvalue weighted by molar-refractivity contribution is 5.46. The van der Waals surface area contributed by atoms with Gasteiger partial charge in [-0.05, 0) is 44.4 Å². The molecule has 1 fully saturated rings. The summed E-state index contributed by atoms with van der Waals surface area (Å²) in [6.07, 6.45) is 7.19. The van der Waals surface area contributed by atoms with Crippen molar-refractivity contribution in [1.82, 2.24) is 5.32 Å². The summed E-state index contributed by atoms with van der Waals surface area (Å²) in [5.41, 5.74) is 2.64. The van der Waals surface area contributed by atoms with Crippen LogP contribution in [-0.4, -0.2) is 26.7 Å². The Bertz CT molecular complexity index is 352. The highest BCUT2D eigenvalue weighted by Crippen LogP contribution is 2.22. The second kappa shape index (κ2) is 7.54. The van der Waals surface area contributed by atoms with Gasteiger partial charge in [0.25, 0.3) is 0 Å². The van der Waals surface area contributed by atoms with Gasteiger partial charge in [-0.25, -0.2) is 0 Å². The number of nitrogens with zero attached hydrogens (tertiary/aromatic N) is 1. The van der Waals surface area contributed by atoms with E-state index in [1.807, 2.05) is 0 Å². The van der Waals surface area contributed by atoms with Crippen molar-refractivity contribution in [1.29, 1.82) is 0 Å². The van der Waals surface area contributed by atoms with Crippen LogP contribution in [0.5, 0.6) is 0 Å². The average Bonchev–Trinajstić information content (AvgIpc) is 2.45. The fourth-order valence-electron chi connectivity index (χ4n) is 2.87. The zero-order chi connectivity index (χ0) is 13.5. The first kappa shape index (κ1) is 14.4. The van der Waals surface area contributed by atoms with E-state index in [2.05, 4.69) is 48.5 Å². The molecule has 106 valence electrons. The van der Waals surface area contributed by atoms with Gasteiger partial charge in [-0.2, -0.15) is 0 Å². The van der Waals surface area contributed by atoms with Crippen molar-refractivity contribution >= 4 is 5.69 Å². The maximum absolute atomic E-state index is 3.63. The summed E-state index contributed by atoms with van der Waals surface area (Å²) < 4.78 is 0. The van der Waals surface area contributed by atoms with Crippen LogP contribution in [0.3, 0.4) is 0 Å². The summed E-state index contributed by atoms with van der Waals surface area (Å²) in [4.78, 5) is 2.33. The van der Waals surface area contributed by atoms with E-state index in [9.17, 15) is 0 Å². The van der Waals surface area contributed by atoms with E-state index in [0.717, 1.165) is 19.0 Å². The second-order valence-electron chi connectivity index (χ2n) is 5.97. The first-order chi connectivity index (χ1) is 9.25. The molecule has 1 aliphatic rings. The Kier molecular flexibility index (Phi) is 5.71. The predicted molar refractivity (Wildman–Crippen MR) is 83.9 cm³/mol. The standard InChI is InChI=1S/C17H28N2/c1-15-8-10-17(11-9-15)19(2)13-12-18-14-16-6-4-3-5-7-16/h8-11,16,18H,3-7,12-14H2,1-2H3. The topological polar surface area (TPSA) is 15.3 Å². The maximum atomic E-state index is 3.63. The lowest BCUT2D eigenvalue weighted by atomic mass is 9.89. The third-order valence-electron chi connectivity index (χ3n) is 4.26. The van der Waals surface area contributed by atoms with E-state index in [-0.39, 0.29) is 0 Å². The summed E-state index contributed by atoms with van der Waals surface area (Å²) in [6.45, 7) is 5.51. The molecule has 0 aromatic heterocycles. The van der Waals surface area contributed by atoms with Gasteiger partial charge in [0.1, 0.15) is 0 Å². The molecule has 0 aliphatic heterocycles. The average molecular weight is 260 g/mol. The van der Waals surface area contributed by atoms with Gasteiger partial charge < -0.3 is 10.2 Å². The highest BCUT2D eigenvalue weighted by atomic mass is 15.1. The maximum Gasteiger partial charge on any atom is 0.0364 e. The fraction of sp³-hybridized carbons (Fsp3) is 0.647. The van der Waals surface area contributed by atoms with E-state index < -0.39 is 0 Å². The molecule has 19 heavy (non-hydrogen) atoms. The Labute approximate surface area is 118 Å². The molecule has 0 atom stereocenters. The van der Waals surface area contributed by atoms with E-state index >= 15 is 0 Å². The molecule has 1 aromatic rings. The van der Waals surface area contributed by atoms with E-state index in [1.54, 1.807) is 0 Å². The summed E-state index contributed by atoms with van der Waals surface area (Å²) in [7, 11) is 2.17. The Balaban J connectivity index is 1.63. The third-order valence-corrected chi connectivity index (χ3v) is 4.26. The van der Waals surface area contributed by atoms with E-state index in [1.165, 1.54) is 49.9 Å². The monoisotopic (exact) mass is 260 g/mol. The molecule has 0 amide bonds. The van der Waals surface area contributed by atoms with Gasteiger partial charge in [0, 0.05) is 25.8 Å². The number of anilines is 1. The number of aryl methyl sites for hydroxylation is 1. The van der Waals surface area contributed by atoms with Crippen molar-refractivity contribution in [3.63, 3.8) is 0 Å². The number of likely N-dealkylation sites (N-methyl/N-ethyl adjacent to an activating group) is 1. The normalized spacial score (nSPS) is 16.5. The molecule has 0 unspecified atom stereocenters. The lowest BCUT2D eigenvalue weighted by Gasteiger charge is -2.23. The quantitative estimate of drug-likeness (QED) is 0.786. The fourth-order valence-corrected chi connectivity index (χ4v) is 2.87. The predicted octanol–water partition coefficient (Wildman–Crippen LogP) is 3.60. The summed E-state index contributed by atoms with van der Waals surface area (Å²) in [5.74, 6) is 0.929.